The molecular weight excluding hydrogens is 390 g/mol. The Labute approximate surface area is 181 Å². The average Bonchev–Trinajstić information content (AvgIpc) is 2.99. The third-order valence-corrected chi connectivity index (χ3v) is 5.87. The number of hydrogen-bond donors (Lipinski definition) is 0. The Balaban J connectivity index is 2.20. The quantitative estimate of drug-likeness (QED) is 0.315. The molecule has 0 N–H and O–H groups in total. The van der Waals surface area contributed by atoms with E-state index in [1.807, 2.05) is 30.3 Å². The lowest BCUT2D eigenvalue weighted by Crippen LogP contribution is -2.10. The van der Waals surface area contributed by atoms with Crippen molar-refractivity contribution in [2.45, 2.75) is 52.4 Å². The molecule has 0 aliphatic heterocycles. The Hall–Kier alpha value is -3.19. The SMILES string of the molecule is CC(C)(C)c1ccc2c(c1)c1cc(C(C)(C)C)ccc1n2-c1c(F)cc(F)cc1C#N. The second-order valence-corrected chi connectivity index (χ2v) is 10.2. The van der Waals surface area contributed by atoms with E-state index in [1.165, 1.54) is 11.1 Å². The average molecular weight is 417 g/mol. The highest BCUT2D eigenvalue weighted by Crippen LogP contribution is 2.38. The van der Waals surface area contributed by atoms with Gasteiger partial charge in [0.2, 0.25) is 0 Å². The highest BCUT2D eigenvalue weighted by atomic mass is 19.1. The lowest BCUT2D eigenvalue weighted by molar-refractivity contribution is 0.578. The van der Waals surface area contributed by atoms with Crippen molar-refractivity contribution in [2.24, 2.45) is 0 Å². The van der Waals surface area contributed by atoms with Crippen molar-refractivity contribution in [2.75, 3.05) is 0 Å². The van der Waals surface area contributed by atoms with Gasteiger partial charge in [-0.1, -0.05) is 53.7 Å². The zero-order chi connectivity index (χ0) is 22.7. The van der Waals surface area contributed by atoms with Gasteiger partial charge in [0.25, 0.3) is 0 Å². The highest BCUT2D eigenvalue weighted by molar-refractivity contribution is 6.10. The summed E-state index contributed by atoms with van der Waals surface area (Å²) in [6.45, 7) is 12.9. The van der Waals surface area contributed by atoms with Crippen LogP contribution < -0.4 is 0 Å². The zero-order valence-corrected chi connectivity index (χ0v) is 18.8. The molecule has 31 heavy (non-hydrogen) atoms. The van der Waals surface area contributed by atoms with Crippen LogP contribution in [0.15, 0.2) is 48.5 Å². The van der Waals surface area contributed by atoms with Crippen molar-refractivity contribution < 1.29 is 8.78 Å². The van der Waals surface area contributed by atoms with Gasteiger partial charge in [0.15, 0.2) is 5.82 Å². The molecule has 3 aromatic carbocycles. The van der Waals surface area contributed by atoms with Crippen molar-refractivity contribution in [3.8, 4) is 11.8 Å². The van der Waals surface area contributed by atoms with Crippen molar-refractivity contribution >= 4 is 21.8 Å². The predicted octanol–water partition coefficient (Wildman–Crippen LogP) is 7.53. The maximum atomic E-state index is 15.0. The number of aromatic nitrogens is 1. The van der Waals surface area contributed by atoms with Gasteiger partial charge in [0.1, 0.15) is 17.6 Å². The van der Waals surface area contributed by atoms with Crippen LogP contribution in [0.25, 0.3) is 27.5 Å². The van der Waals surface area contributed by atoms with Crippen LogP contribution in [-0.4, -0.2) is 4.57 Å². The molecule has 0 spiro atoms. The summed E-state index contributed by atoms with van der Waals surface area (Å²) in [7, 11) is 0. The van der Waals surface area contributed by atoms with Gasteiger partial charge >= 0.3 is 0 Å². The molecular formula is C27H26F2N2. The van der Waals surface area contributed by atoms with Crippen molar-refractivity contribution in [1.82, 2.24) is 4.57 Å². The molecule has 0 saturated carbocycles. The molecule has 2 nitrogen and oxygen atoms in total. The lowest BCUT2D eigenvalue weighted by atomic mass is 9.85. The third-order valence-electron chi connectivity index (χ3n) is 5.87. The van der Waals surface area contributed by atoms with Gasteiger partial charge in [0, 0.05) is 16.8 Å². The Morgan fingerprint density at radius 3 is 1.65 bits per heavy atom. The van der Waals surface area contributed by atoms with Crippen LogP contribution in [-0.2, 0) is 10.8 Å². The first-order valence-electron chi connectivity index (χ1n) is 10.4. The second-order valence-electron chi connectivity index (χ2n) is 10.2. The summed E-state index contributed by atoms with van der Waals surface area (Å²) in [5, 5.41) is 11.6. The monoisotopic (exact) mass is 416 g/mol. The minimum Gasteiger partial charge on any atom is -0.305 e. The van der Waals surface area contributed by atoms with Gasteiger partial charge in [-0.3, -0.25) is 0 Å². The summed E-state index contributed by atoms with van der Waals surface area (Å²) in [5.41, 5.74) is 3.85. The fraction of sp³-hybridized carbons (Fsp3) is 0.296. The zero-order valence-electron chi connectivity index (χ0n) is 18.8. The molecule has 4 aromatic rings. The minimum atomic E-state index is -0.761. The standard InChI is InChI=1S/C27H26F2N2/c1-26(2,3)17-7-9-23-20(12-17)21-13-18(27(4,5)6)8-10-24(21)31(23)25-16(15-30)11-19(28)14-22(25)29/h7-14H,1-6H3. The molecule has 1 heterocycles. The Morgan fingerprint density at radius 2 is 1.23 bits per heavy atom. The van der Waals surface area contributed by atoms with Crippen molar-refractivity contribution in [3.63, 3.8) is 0 Å². The molecule has 158 valence electrons. The van der Waals surface area contributed by atoms with Gasteiger partial charge in [-0.15, -0.1) is 0 Å². The number of benzene rings is 3. The van der Waals surface area contributed by atoms with Gasteiger partial charge in [-0.05, 0) is 52.3 Å². The predicted molar refractivity (Wildman–Crippen MR) is 123 cm³/mol. The lowest BCUT2D eigenvalue weighted by Gasteiger charge is -2.19. The van der Waals surface area contributed by atoms with E-state index < -0.39 is 11.6 Å². The first-order valence-corrected chi connectivity index (χ1v) is 10.4. The summed E-state index contributed by atoms with van der Waals surface area (Å²) in [6, 6.07) is 16.2. The van der Waals surface area contributed by atoms with Gasteiger partial charge < -0.3 is 4.57 Å². The largest absolute Gasteiger partial charge is 0.305 e. The molecule has 0 bridgehead atoms. The molecule has 0 fully saturated rings. The summed E-state index contributed by atoms with van der Waals surface area (Å²) < 4.78 is 30.6. The Kier molecular flexibility index (Phi) is 4.70. The van der Waals surface area contributed by atoms with Crippen LogP contribution in [0.1, 0.15) is 58.2 Å². The summed E-state index contributed by atoms with van der Waals surface area (Å²) in [5.74, 6) is -1.52. The number of halogens is 2. The van der Waals surface area contributed by atoms with Crippen LogP contribution in [0.5, 0.6) is 0 Å². The molecule has 1 aromatic heterocycles. The molecule has 4 heteroatoms. The van der Waals surface area contributed by atoms with E-state index in [-0.39, 0.29) is 22.1 Å². The third kappa shape index (κ3) is 3.49. The number of rotatable bonds is 1. The minimum absolute atomic E-state index is 0.0314. The molecule has 0 aliphatic rings. The topological polar surface area (TPSA) is 28.7 Å². The van der Waals surface area contributed by atoms with E-state index in [0.29, 0.717) is 0 Å². The smallest absolute Gasteiger partial charge is 0.151 e. The summed E-state index contributed by atoms with van der Waals surface area (Å²) >= 11 is 0. The second kappa shape index (κ2) is 6.92. The van der Waals surface area contributed by atoms with E-state index in [0.717, 1.165) is 33.9 Å². The maximum absolute atomic E-state index is 15.0. The Bertz CT molecular complexity index is 1300. The molecule has 0 unspecified atom stereocenters. The van der Waals surface area contributed by atoms with Crippen LogP contribution in [0.4, 0.5) is 8.78 Å². The number of fused-ring (bicyclic) bond motifs is 3. The first kappa shape index (κ1) is 21.1. The van der Waals surface area contributed by atoms with Crippen molar-refractivity contribution in [1.29, 1.82) is 5.26 Å². The highest BCUT2D eigenvalue weighted by Gasteiger charge is 2.23. The Morgan fingerprint density at radius 1 is 0.742 bits per heavy atom. The number of nitrogens with zero attached hydrogens (tertiary/aromatic N) is 2. The summed E-state index contributed by atoms with van der Waals surface area (Å²) in [6.07, 6.45) is 0. The molecule has 0 atom stereocenters. The molecule has 0 saturated heterocycles. The molecule has 0 aliphatic carbocycles. The number of hydrogen-bond acceptors (Lipinski definition) is 1. The fourth-order valence-electron chi connectivity index (χ4n) is 4.08. The van der Waals surface area contributed by atoms with Crippen LogP contribution in [0.3, 0.4) is 0 Å². The molecule has 0 radical (unpaired) electrons. The van der Waals surface area contributed by atoms with E-state index in [1.54, 1.807) is 4.57 Å². The van der Waals surface area contributed by atoms with Crippen LogP contribution in [0.2, 0.25) is 0 Å². The van der Waals surface area contributed by atoms with E-state index >= 15 is 4.39 Å². The van der Waals surface area contributed by atoms with Crippen molar-refractivity contribution in [3.05, 3.63) is 76.9 Å². The fourth-order valence-corrected chi connectivity index (χ4v) is 4.08. The molecule has 0 amide bonds. The maximum Gasteiger partial charge on any atom is 0.151 e. The van der Waals surface area contributed by atoms with Crippen LogP contribution >= 0.6 is 0 Å². The van der Waals surface area contributed by atoms with Gasteiger partial charge in [-0.2, -0.15) is 5.26 Å². The summed E-state index contributed by atoms with van der Waals surface area (Å²) in [4.78, 5) is 0. The van der Waals surface area contributed by atoms with Crippen LogP contribution in [0, 0.1) is 23.0 Å². The van der Waals surface area contributed by atoms with Gasteiger partial charge in [0.05, 0.1) is 16.6 Å². The van der Waals surface area contributed by atoms with E-state index in [4.69, 9.17) is 0 Å². The normalized spacial score (nSPS) is 12.5. The van der Waals surface area contributed by atoms with Gasteiger partial charge in [-0.25, -0.2) is 8.78 Å². The number of nitriles is 1. The van der Waals surface area contributed by atoms with E-state index in [9.17, 15) is 9.65 Å². The van der Waals surface area contributed by atoms with E-state index in [2.05, 4.69) is 53.7 Å². The molecule has 4 rings (SSSR count). The first-order chi connectivity index (χ1) is 14.4.